The molecule has 0 saturated carbocycles. The lowest BCUT2D eigenvalue weighted by Gasteiger charge is -2.19. The van der Waals surface area contributed by atoms with Crippen molar-refractivity contribution in [1.29, 1.82) is 0 Å². The lowest BCUT2D eigenvalue weighted by Crippen LogP contribution is -2.31. The van der Waals surface area contributed by atoms with E-state index < -0.39 is 0 Å². The van der Waals surface area contributed by atoms with Crippen LogP contribution in [-0.4, -0.2) is 15.5 Å². The number of rotatable bonds is 4. The molecule has 0 aliphatic heterocycles. The highest BCUT2D eigenvalue weighted by Crippen LogP contribution is 2.20. The van der Waals surface area contributed by atoms with Crippen LogP contribution in [0.2, 0.25) is 0 Å². The van der Waals surface area contributed by atoms with Gasteiger partial charge in [0.1, 0.15) is 5.69 Å². The zero-order chi connectivity index (χ0) is 15.4. The fourth-order valence-corrected chi connectivity index (χ4v) is 2.42. The maximum Gasteiger partial charge on any atom is 0.268 e. The average Bonchev–Trinajstić information content (AvgIpc) is 3.00. The molecule has 22 heavy (non-hydrogen) atoms. The summed E-state index contributed by atoms with van der Waals surface area (Å²) < 4.78 is 1.80. The molecule has 0 fully saturated rings. The standard InChI is InChI=1S/C18H17N3O/c1-21-13-7-11-16(21)18(22)20-17(14-8-3-2-4-9-14)15-10-5-6-12-19-15/h2-13,17H,1H3,(H,20,22). The number of benzene rings is 1. The molecule has 1 atom stereocenters. The molecule has 3 rings (SSSR count). The molecule has 3 aromatic rings. The summed E-state index contributed by atoms with van der Waals surface area (Å²) in [4.78, 5) is 16.9. The lowest BCUT2D eigenvalue weighted by molar-refractivity contribution is 0.0934. The Labute approximate surface area is 129 Å². The molecule has 0 spiro atoms. The highest BCUT2D eigenvalue weighted by atomic mass is 16.2. The highest BCUT2D eigenvalue weighted by molar-refractivity contribution is 5.93. The number of nitrogens with one attached hydrogen (secondary N) is 1. The van der Waals surface area contributed by atoms with Crippen molar-refractivity contribution < 1.29 is 4.79 Å². The van der Waals surface area contributed by atoms with Crippen molar-refractivity contribution in [2.45, 2.75) is 6.04 Å². The number of hydrogen-bond donors (Lipinski definition) is 1. The first-order valence-electron chi connectivity index (χ1n) is 7.14. The summed E-state index contributed by atoms with van der Waals surface area (Å²) in [7, 11) is 1.85. The number of aryl methyl sites for hydroxylation is 1. The van der Waals surface area contributed by atoms with Crippen LogP contribution in [0, 0.1) is 0 Å². The number of carbonyl (C=O) groups is 1. The third-order valence-corrected chi connectivity index (χ3v) is 3.57. The number of hydrogen-bond acceptors (Lipinski definition) is 2. The number of aromatic nitrogens is 2. The number of carbonyl (C=O) groups excluding carboxylic acids is 1. The molecule has 1 aromatic carbocycles. The van der Waals surface area contributed by atoms with E-state index in [1.807, 2.05) is 67.8 Å². The van der Waals surface area contributed by atoms with Gasteiger partial charge >= 0.3 is 0 Å². The van der Waals surface area contributed by atoms with Crippen LogP contribution < -0.4 is 5.32 Å². The Morgan fingerprint density at radius 3 is 2.45 bits per heavy atom. The van der Waals surface area contributed by atoms with Crippen molar-refractivity contribution in [3.8, 4) is 0 Å². The van der Waals surface area contributed by atoms with Crippen molar-refractivity contribution in [2.75, 3.05) is 0 Å². The van der Waals surface area contributed by atoms with Crippen molar-refractivity contribution in [3.63, 3.8) is 0 Å². The molecule has 2 heterocycles. The van der Waals surface area contributed by atoms with E-state index in [-0.39, 0.29) is 11.9 Å². The third kappa shape index (κ3) is 2.91. The summed E-state index contributed by atoms with van der Waals surface area (Å²) in [6, 6.07) is 18.9. The molecule has 2 aromatic heterocycles. The van der Waals surface area contributed by atoms with E-state index in [0.29, 0.717) is 5.69 Å². The van der Waals surface area contributed by atoms with Gasteiger partial charge < -0.3 is 9.88 Å². The number of pyridine rings is 1. The van der Waals surface area contributed by atoms with Crippen molar-refractivity contribution in [2.24, 2.45) is 7.05 Å². The first-order valence-corrected chi connectivity index (χ1v) is 7.14. The second-order valence-electron chi connectivity index (χ2n) is 5.08. The van der Waals surface area contributed by atoms with E-state index in [4.69, 9.17) is 0 Å². The fourth-order valence-electron chi connectivity index (χ4n) is 2.42. The summed E-state index contributed by atoms with van der Waals surface area (Å²) >= 11 is 0. The molecule has 0 aliphatic rings. The number of amides is 1. The molecular formula is C18H17N3O. The predicted octanol–water partition coefficient (Wildman–Crippen LogP) is 2.94. The van der Waals surface area contributed by atoms with E-state index in [9.17, 15) is 4.79 Å². The van der Waals surface area contributed by atoms with Gasteiger partial charge in [0.05, 0.1) is 11.7 Å². The second-order valence-corrected chi connectivity index (χ2v) is 5.08. The largest absolute Gasteiger partial charge is 0.347 e. The van der Waals surface area contributed by atoms with Gasteiger partial charge in [-0.15, -0.1) is 0 Å². The van der Waals surface area contributed by atoms with Gasteiger partial charge in [-0.1, -0.05) is 36.4 Å². The SMILES string of the molecule is Cn1cccc1C(=O)NC(c1ccccc1)c1ccccn1. The predicted molar refractivity (Wildman–Crippen MR) is 85.4 cm³/mol. The van der Waals surface area contributed by atoms with Crippen molar-refractivity contribution >= 4 is 5.91 Å². The zero-order valence-electron chi connectivity index (χ0n) is 12.3. The monoisotopic (exact) mass is 291 g/mol. The summed E-state index contributed by atoms with van der Waals surface area (Å²) in [6.07, 6.45) is 3.59. The summed E-state index contributed by atoms with van der Waals surface area (Å²) in [5, 5.41) is 3.07. The van der Waals surface area contributed by atoms with Crippen LogP contribution in [0.1, 0.15) is 27.8 Å². The van der Waals surface area contributed by atoms with E-state index in [1.54, 1.807) is 16.8 Å². The smallest absolute Gasteiger partial charge is 0.268 e. The van der Waals surface area contributed by atoms with Gasteiger partial charge in [-0.25, -0.2) is 0 Å². The molecule has 1 unspecified atom stereocenters. The minimum Gasteiger partial charge on any atom is -0.347 e. The quantitative estimate of drug-likeness (QED) is 0.803. The Morgan fingerprint density at radius 2 is 1.82 bits per heavy atom. The lowest BCUT2D eigenvalue weighted by atomic mass is 10.0. The Hall–Kier alpha value is -2.88. The molecule has 0 aliphatic carbocycles. The van der Waals surface area contributed by atoms with Crippen LogP contribution in [0.15, 0.2) is 73.1 Å². The minimum atomic E-state index is -0.273. The first-order chi connectivity index (χ1) is 10.8. The fraction of sp³-hybridized carbons (Fsp3) is 0.111. The molecule has 0 saturated heterocycles. The molecular weight excluding hydrogens is 274 g/mol. The number of nitrogens with zero attached hydrogens (tertiary/aromatic N) is 2. The van der Waals surface area contributed by atoms with E-state index in [0.717, 1.165) is 11.3 Å². The molecule has 4 heteroatoms. The Kier molecular flexibility index (Phi) is 4.01. The molecule has 0 bridgehead atoms. The molecule has 1 amide bonds. The first kappa shape index (κ1) is 14.1. The van der Waals surface area contributed by atoms with Crippen molar-refractivity contribution in [1.82, 2.24) is 14.9 Å². The second kappa shape index (κ2) is 6.26. The van der Waals surface area contributed by atoms with Gasteiger partial charge in [-0.3, -0.25) is 9.78 Å². The van der Waals surface area contributed by atoms with Crippen LogP contribution in [0.3, 0.4) is 0 Å². The van der Waals surface area contributed by atoms with Gasteiger partial charge in [0.2, 0.25) is 0 Å². The van der Waals surface area contributed by atoms with Crippen LogP contribution in [0.5, 0.6) is 0 Å². The van der Waals surface area contributed by atoms with Gasteiger partial charge in [0.15, 0.2) is 0 Å². The Bertz CT molecular complexity index is 711. The van der Waals surface area contributed by atoms with Crippen LogP contribution in [0.4, 0.5) is 0 Å². The topological polar surface area (TPSA) is 46.9 Å². The van der Waals surface area contributed by atoms with Crippen LogP contribution in [0.25, 0.3) is 0 Å². The molecule has 4 nitrogen and oxygen atoms in total. The van der Waals surface area contributed by atoms with Gasteiger partial charge in [0, 0.05) is 19.4 Å². The third-order valence-electron chi connectivity index (χ3n) is 3.57. The molecule has 110 valence electrons. The normalized spacial score (nSPS) is 11.9. The van der Waals surface area contributed by atoms with E-state index in [1.165, 1.54) is 0 Å². The van der Waals surface area contributed by atoms with Crippen LogP contribution in [-0.2, 0) is 7.05 Å². The average molecular weight is 291 g/mol. The maximum absolute atomic E-state index is 12.5. The van der Waals surface area contributed by atoms with Gasteiger partial charge in [-0.2, -0.15) is 0 Å². The maximum atomic E-state index is 12.5. The Morgan fingerprint density at radius 1 is 1.05 bits per heavy atom. The van der Waals surface area contributed by atoms with Gasteiger partial charge in [0.25, 0.3) is 5.91 Å². The summed E-state index contributed by atoms with van der Waals surface area (Å²) in [5.41, 5.74) is 2.44. The van der Waals surface area contributed by atoms with E-state index in [2.05, 4.69) is 10.3 Å². The minimum absolute atomic E-state index is 0.119. The summed E-state index contributed by atoms with van der Waals surface area (Å²) in [5.74, 6) is -0.119. The highest BCUT2D eigenvalue weighted by Gasteiger charge is 2.19. The van der Waals surface area contributed by atoms with Crippen LogP contribution >= 0.6 is 0 Å². The van der Waals surface area contributed by atoms with E-state index >= 15 is 0 Å². The summed E-state index contributed by atoms with van der Waals surface area (Å²) in [6.45, 7) is 0. The molecule has 1 N–H and O–H groups in total. The molecule has 0 radical (unpaired) electrons. The van der Waals surface area contributed by atoms with Gasteiger partial charge in [-0.05, 0) is 29.8 Å². The Balaban J connectivity index is 1.93. The van der Waals surface area contributed by atoms with Crippen molar-refractivity contribution in [3.05, 3.63) is 90.0 Å². The zero-order valence-corrected chi connectivity index (χ0v) is 12.3.